The number of hydrogen-bond donors (Lipinski definition) is 2. The zero-order chi connectivity index (χ0) is 21.0. The minimum atomic E-state index is -1.24. The lowest BCUT2D eigenvalue weighted by molar-refractivity contribution is -0.387. The lowest BCUT2D eigenvalue weighted by atomic mass is 10.2. The van der Waals surface area contributed by atoms with Crippen molar-refractivity contribution in [1.82, 2.24) is 9.97 Å². The van der Waals surface area contributed by atoms with E-state index in [9.17, 15) is 19.1 Å². The maximum Gasteiger partial charge on any atom is 0.340 e. The number of anilines is 4. The average Bonchev–Trinajstić information content (AvgIpc) is 2.67. The van der Waals surface area contributed by atoms with Crippen molar-refractivity contribution in [2.24, 2.45) is 0 Å². The second-order valence-electron chi connectivity index (χ2n) is 6.38. The van der Waals surface area contributed by atoms with Crippen molar-refractivity contribution >= 4 is 36.6 Å². The fourth-order valence-corrected chi connectivity index (χ4v) is 3.30. The van der Waals surface area contributed by atoms with Crippen LogP contribution in [-0.2, 0) is 10.7 Å². The Morgan fingerprint density at radius 1 is 1.14 bits per heavy atom. The van der Waals surface area contributed by atoms with Crippen LogP contribution in [0, 0.1) is 22.9 Å². The van der Waals surface area contributed by atoms with E-state index in [0.29, 0.717) is 17.7 Å². The molecule has 0 radical (unpaired) electrons. The molecule has 1 unspecified atom stereocenters. The Morgan fingerprint density at radius 2 is 1.83 bits per heavy atom. The van der Waals surface area contributed by atoms with Crippen molar-refractivity contribution in [3.63, 3.8) is 0 Å². The zero-order valence-electron chi connectivity index (χ0n) is 15.7. The van der Waals surface area contributed by atoms with E-state index in [4.69, 9.17) is 0 Å². The predicted octanol–water partition coefficient (Wildman–Crippen LogP) is 5.28. The summed E-state index contributed by atoms with van der Waals surface area (Å²) in [5.41, 5.74) is 2.24. The Labute approximate surface area is 167 Å². The molecule has 0 aliphatic heterocycles. The standard InChI is InChI=1S/C19H18FN5O3P/c1-12-10-21-19(23-15-7-8-16(20)17(9-15)25(26)27)24-18(12)22-14-5-3-13(4-6-14)11-29(2)28/h3-10H,11H2,1-2H3,(H2,21,22,23,24)/q+1. The number of nitro benzene ring substituents is 1. The third kappa shape index (κ3) is 5.30. The lowest BCUT2D eigenvalue weighted by Crippen LogP contribution is -2.03. The second kappa shape index (κ2) is 8.70. The molecule has 0 saturated carbocycles. The highest BCUT2D eigenvalue weighted by Crippen LogP contribution is 2.26. The monoisotopic (exact) mass is 414 g/mol. The first-order valence-electron chi connectivity index (χ1n) is 8.60. The third-order valence-corrected chi connectivity index (χ3v) is 4.80. The molecule has 0 aliphatic rings. The summed E-state index contributed by atoms with van der Waals surface area (Å²) >= 11 is 0. The number of halogens is 1. The number of nitrogens with one attached hydrogen (secondary N) is 2. The predicted molar refractivity (Wildman–Crippen MR) is 110 cm³/mol. The number of aromatic nitrogens is 2. The van der Waals surface area contributed by atoms with Crippen LogP contribution in [0.15, 0.2) is 48.7 Å². The van der Waals surface area contributed by atoms with Gasteiger partial charge in [-0.2, -0.15) is 9.37 Å². The molecule has 1 aromatic heterocycles. The molecule has 0 saturated heterocycles. The summed E-state index contributed by atoms with van der Waals surface area (Å²) in [4.78, 5) is 18.6. The summed E-state index contributed by atoms with van der Waals surface area (Å²) < 4.78 is 24.8. The molecular formula is C19H18FN5O3P+. The normalized spacial score (nSPS) is 11.1. The van der Waals surface area contributed by atoms with Crippen molar-refractivity contribution in [3.05, 3.63) is 75.7 Å². The van der Waals surface area contributed by atoms with Gasteiger partial charge in [0.15, 0.2) is 6.16 Å². The van der Waals surface area contributed by atoms with E-state index in [1.165, 1.54) is 6.07 Å². The molecule has 0 spiro atoms. The minimum Gasteiger partial charge on any atom is -0.340 e. The number of nitrogens with zero attached hydrogens (tertiary/aromatic N) is 3. The number of hydrogen-bond acceptors (Lipinski definition) is 7. The fraction of sp³-hybridized carbons (Fsp3) is 0.158. The molecule has 3 aromatic rings. The molecule has 0 bridgehead atoms. The van der Waals surface area contributed by atoms with E-state index in [1.807, 2.05) is 31.2 Å². The van der Waals surface area contributed by atoms with Gasteiger partial charge in [0, 0.05) is 29.2 Å². The van der Waals surface area contributed by atoms with Crippen LogP contribution in [-0.4, -0.2) is 21.6 Å². The number of aryl methyl sites for hydroxylation is 1. The van der Waals surface area contributed by atoms with E-state index < -0.39 is 24.2 Å². The van der Waals surface area contributed by atoms with E-state index >= 15 is 0 Å². The van der Waals surface area contributed by atoms with Crippen LogP contribution >= 0.6 is 7.80 Å². The molecule has 0 amide bonds. The van der Waals surface area contributed by atoms with Crippen LogP contribution in [0.25, 0.3) is 0 Å². The maximum absolute atomic E-state index is 13.5. The topological polar surface area (TPSA) is 110 Å². The fourth-order valence-electron chi connectivity index (χ4n) is 2.58. The molecule has 0 fully saturated rings. The Hall–Kier alpha value is -3.45. The van der Waals surface area contributed by atoms with Gasteiger partial charge in [0.05, 0.1) is 4.92 Å². The molecule has 2 N–H and O–H groups in total. The molecule has 3 rings (SSSR count). The average molecular weight is 414 g/mol. The van der Waals surface area contributed by atoms with Gasteiger partial charge in [-0.05, 0) is 36.8 Å². The van der Waals surface area contributed by atoms with Gasteiger partial charge in [-0.1, -0.05) is 16.7 Å². The lowest BCUT2D eigenvalue weighted by Gasteiger charge is -2.11. The molecule has 2 aromatic carbocycles. The van der Waals surface area contributed by atoms with Gasteiger partial charge in [0.1, 0.15) is 12.5 Å². The van der Waals surface area contributed by atoms with Crippen molar-refractivity contribution in [2.45, 2.75) is 13.1 Å². The Kier molecular flexibility index (Phi) is 6.09. The van der Waals surface area contributed by atoms with Crippen LogP contribution < -0.4 is 10.6 Å². The number of nitro groups is 1. The van der Waals surface area contributed by atoms with Crippen LogP contribution in [0.5, 0.6) is 0 Å². The molecule has 1 heterocycles. The maximum atomic E-state index is 13.5. The summed E-state index contributed by atoms with van der Waals surface area (Å²) in [6.45, 7) is 3.53. The summed E-state index contributed by atoms with van der Waals surface area (Å²) in [6, 6.07) is 11.0. The summed E-state index contributed by atoms with van der Waals surface area (Å²) in [5.74, 6) is -0.157. The van der Waals surface area contributed by atoms with Gasteiger partial charge >= 0.3 is 13.5 Å². The first kappa shape index (κ1) is 20.3. The minimum absolute atomic E-state index is 0.207. The molecule has 0 aliphatic carbocycles. The molecule has 10 heteroatoms. The highest BCUT2D eigenvalue weighted by molar-refractivity contribution is 7.42. The molecule has 8 nitrogen and oxygen atoms in total. The highest BCUT2D eigenvalue weighted by Gasteiger charge is 2.15. The highest BCUT2D eigenvalue weighted by atomic mass is 31.1. The first-order valence-corrected chi connectivity index (χ1v) is 10.5. The van der Waals surface area contributed by atoms with E-state index in [0.717, 1.165) is 28.9 Å². The first-order chi connectivity index (χ1) is 13.8. The summed E-state index contributed by atoms with van der Waals surface area (Å²) in [5, 5.41) is 16.9. The third-order valence-electron chi connectivity index (χ3n) is 3.99. The van der Waals surface area contributed by atoms with E-state index in [1.54, 1.807) is 12.9 Å². The molecule has 29 heavy (non-hydrogen) atoms. The van der Waals surface area contributed by atoms with Gasteiger partial charge in [0.2, 0.25) is 11.8 Å². The van der Waals surface area contributed by atoms with Crippen molar-refractivity contribution in [2.75, 3.05) is 17.3 Å². The van der Waals surface area contributed by atoms with Gasteiger partial charge < -0.3 is 10.6 Å². The number of benzene rings is 2. The Balaban J connectivity index is 1.79. The molecule has 148 valence electrons. The smallest absolute Gasteiger partial charge is 0.340 e. The summed E-state index contributed by atoms with van der Waals surface area (Å²) in [7, 11) is -1.24. The second-order valence-corrected chi connectivity index (χ2v) is 7.95. The Morgan fingerprint density at radius 3 is 2.48 bits per heavy atom. The van der Waals surface area contributed by atoms with Crippen LogP contribution in [0.1, 0.15) is 11.1 Å². The van der Waals surface area contributed by atoms with Crippen LogP contribution in [0.2, 0.25) is 0 Å². The van der Waals surface area contributed by atoms with Crippen molar-refractivity contribution < 1.29 is 13.9 Å². The molecule has 1 atom stereocenters. The van der Waals surface area contributed by atoms with Crippen molar-refractivity contribution in [1.29, 1.82) is 0 Å². The van der Waals surface area contributed by atoms with Crippen molar-refractivity contribution in [3.8, 4) is 0 Å². The van der Waals surface area contributed by atoms with Gasteiger partial charge in [-0.25, -0.2) is 4.98 Å². The zero-order valence-corrected chi connectivity index (χ0v) is 16.6. The Bertz CT molecular complexity index is 1080. The molecular weight excluding hydrogens is 396 g/mol. The summed E-state index contributed by atoms with van der Waals surface area (Å²) in [6.07, 6.45) is 2.13. The van der Waals surface area contributed by atoms with Gasteiger partial charge in [-0.3, -0.25) is 10.1 Å². The largest absolute Gasteiger partial charge is 0.340 e. The van der Waals surface area contributed by atoms with Crippen LogP contribution in [0.3, 0.4) is 0 Å². The number of rotatable bonds is 7. The van der Waals surface area contributed by atoms with Gasteiger partial charge in [-0.15, -0.1) is 0 Å². The van der Waals surface area contributed by atoms with Gasteiger partial charge in [0.25, 0.3) is 0 Å². The van der Waals surface area contributed by atoms with E-state index in [-0.39, 0.29) is 5.95 Å². The quantitative estimate of drug-likeness (QED) is 0.308. The SMILES string of the molecule is Cc1cnc(Nc2ccc(F)c([N+](=O)[O-])c2)nc1Nc1ccc(C[P+](C)=O)cc1. The van der Waals surface area contributed by atoms with E-state index in [2.05, 4.69) is 20.6 Å². The van der Waals surface area contributed by atoms with Crippen LogP contribution in [0.4, 0.5) is 33.2 Å².